The summed E-state index contributed by atoms with van der Waals surface area (Å²) < 4.78 is 11.9. The molecule has 2 aromatic carbocycles. The molecule has 1 amide bonds. The predicted molar refractivity (Wildman–Crippen MR) is 134 cm³/mol. The van der Waals surface area contributed by atoms with E-state index in [1.54, 1.807) is 13.8 Å². The number of rotatable bonds is 5. The van der Waals surface area contributed by atoms with Crippen molar-refractivity contribution in [3.8, 4) is 0 Å². The average Bonchev–Trinajstić information content (AvgIpc) is 2.73. The summed E-state index contributed by atoms with van der Waals surface area (Å²) in [5.41, 5.74) is 4.17. The average molecular weight is 465 g/mol. The smallest absolute Gasteiger partial charge is 0.344 e. The van der Waals surface area contributed by atoms with E-state index in [0.717, 1.165) is 22.3 Å². The minimum Gasteiger partial charge on any atom is -0.409 e. The third-order valence-corrected chi connectivity index (χ3v) is 5.82. The van der Waals surface area contributed by atoms with E-state index in [9.17, 15) is 9.59 Å². The SMILES string of the molecule is CCNC(=O)c1ccc2c(c1)CN=C(OC(=O)C(C)(C)OC(C)(C)C)C2c1ccc(C)c(C)c1. The van der Waals surface area contributed by atoms with Gasteiger partial charge in [0.2, 0.25) is 5.90 Å². The Labute approximate surface area is 202 Å². The van der Waals surface area contributed by atoms with Gasteiger partial charge in [0.15, 0.2) is 5.60 Å². The highest BCUT2D eigenvalue weighted by atomic mass is 16.6. The molecule has 2 aromatic rings. The zero-order valence-corrected chi connectivity index (χ0v) is 21.5. The molecule has 1 heterocycles. The van der Waals surface area contributed by atoms with Gasteiger partial charge in [-0.25, -0.2) is 9.79 Å². The van der Waals surface area contributed by atoms with Crippen LogP contribution in [0.4, 0.5) is 0 Å². The van der Waals surface area contributed by atoms with Gasteiger partial charge in [-0.15, -0.1) is 0 Å². The number of aliphatic imine (C=N–C) groups is 1. The molecule has 6 nitrogen and oxygen atoms in total. The Bertz CT molecular complexity index is 1130. The minimum absolute atomic E-state index is 0.115. The van der Waals surface area contributed by atoms with Gasteiger partial charge < -0.3 is 14.8 Å². The topological polar surface area (TPSA) is 77.0 Å². The van der Waals surface area contributed by atoms with Gasteiger partial charge in [0.25, 0.3) is 5.91 Å². The molecule has 0 bridgehead atoms. The van der Waals surface area contributed by atoms with Crippen molar-refractivity contribution in [2.75, 3.05) is 6.54 Å². The van der Waals surface area contributed by atoms with E-state index in [2.05, 4.69) is 36.3 Å². The van der Waals surface area contributed by atoms with Crippen molar-refractivity contribution in [1.82, 2.24) is 5.32 Å². The van der Waals surface area contributed by atoms with Crippen molar-refractivity contribution in [2.24, 2.45) is 4.99 Å². The lowest BCUT2D eigenvalue weighted by Crippen LogP contribution is -2.44. The number of nitrogens with zero attached hydrogens (tertiary/aromatic N) is 1. The van der Waals surface area contributed by atoms with Gasteiger partial charge in [-0.05, 0) is 95.3 Å². The van der Waals surface area contributed by atoms with Crippen LogP contribution in [-0.4, -0.2) is 35.5 Å². The Hall–Kier alpha value is -2.99. The number of benzene rings is 2. The van der Waals surface area contributed by atoms with Crippen molar-refractivity contribution in [1.29, 1.82) is 0 Å². The van der Waals surface area contributed by atoms with E-state index in [1.807, 2.05) is 52.0 Å². The van der Waals surface area contributed by atoms with Gasteiger partial charge in [-0.3, -0.25) is 4.79 Å². The lowest BCUT2D eigenvalue weighted by atomic mass is 9.84. The van der Waals surface area contributed by atoms with Gasteiger partial charge >= 0.3 is 5.97 Å². The highest BCUT2D eigenvalue weighted by Gasteiger charge is 2.38. The summed E-state index contributed by atoms with van der Waals surface area (Å²) in [5.74, 6) is -0.620. The van der Waals surface area contributed by atoms with E-state index in [-0.39, 0.29) is 11.8 Å². The van der Waals surface area contributed by atoms with E-state index in [4.69, 9.17) is 9.47 Å². The zero-order chi connectivity index (χ0) is 25.3. The molecule has 3 rings (SSSR count). The maximum absolute atomic E-state index is 13.2. The van der Waals surface area contributed by atoms with Crippen LogP contribution in [-0.2, 0) is 20.8 Å². The van der Waals surface area contributed by atoms with E-state index >= 15 is 0 Å². The molecule has 0 radical (unpaired) electrons. The Kier molecular flexibility index (Phi) is 7.32. The fourth-order valence-electron chi connectivity index (χ4n) is 4.20. The predicted octanol–water partition coefficient (Wildman–Crippen LogP) is 5.23. The molecule has 1 aliphatic heterocycles. The van der Waals surface area contributed by atoms with Gasteiger partial charge in [-0.2, -0.15) is 0 Å². The maximum atomic E-state index is 13.2. The second-order valence-electron chi connectivity index (χ2n) is 10.3. The van der Waals surface area contributed by atoms with Gasteiger partial charge in [0.1, 0.15) is 0 Å². The van der Waals surface area contributed by atoms with E-state index < -0.39 is 17.2 Å². The number of hydrogen-bond donors (Lipinski definition) is 1. The standard InChI is InChI=1S/C28H36N2O4/c1-9-29-24(31)20-12-13-22-21(15-20)16-30-25(23(22)19-11-10-17(2)18(3)14-19)33-26(32)28(7,8)34-27(4,5)6/h10-15,23H,9,16H2,1-8H3,(H,29,31). The largest absolute Gasteiger partial charge is 0.409 e. The monoisotopic (exact) mass is 464 g/mol. The number of esters is 1. The lowest BCUT2D eigenvalue weighted by Gasteiger charge is -2.33. The first-order valence-electron chi connectivity index (χ1n) is 11.8. The van der Waals surface area contributed by atoms with Crippen molar-refractivity contribution in [2.45, 2.75) is 79.1 Å². The maximum Gasteiger partial charge on any atom is 0.344 e. The molecule has 0 aromatic heterocycles. The highest BCUT2D eigenvalue weighted by Crippen LogP contribution is 2.35. The molecule has 182 valence electrons. The Morgan fingerprint density at radius 1 is 1.03 bits per heavy atom. The summed E-state index contributed by atoms with van der Waals surface area (Å²) in [5, 5.41) is 2.84. The quantitative estimate of drug-likeness (QED) is 0.615. The van der Waals surface area contributed by atoms with Crippen molar-refractivity contribution in [3.05, 3.63) is 69.8 Å². The Balaban J connectivity index is 2.02. The molecule has 1 unspecified atom stereocenters. The fraction of sp³-hybridized carbons (Fsp3) is 0.464. The summed E-state index contributed by atoms with van der Waals surface area (Å²) in [6.45, 7) is 16.0. The van der Waals surface area contributed by atoms with Crippen LogP contribution in [0, 0.1) is 13.8 Å². The van der Waals surface area contributed by atoms with Crippen LogP contribution in [0.5, 0.6) is 0 Å². The first kappa shape index (κ1) is 25.6. The van der Waals surface area contributed by atoms with Crippen molar-refractivity contribution >= 4 is 17.8 Å². The molecular formula is C28H36N2O4. The van der Waals surface area contributed by atoms with Crippen LogP contribution in [0.2, 0.25) is 0 Å². The minimum atomic E-state index is -1.14. The number of carbonyl (C=O) groups excluding carboxylic acids is 2. The van der Waals surface area contributed by atoms with Gasteiger partial charge in [0, 0.05) is 12.1 Å². The first-order chi connectivity index (χ1) is 15.8. The lowest BCUT2D eigenvalue weighted by molar-refractivity contribution is -0.175. The summed E-state index contributed by atoms with van der Waals surface area (Å²) in [7, 11) is 0. The molecule has 1 atom stereocenters. The number of fused-ring (bicyclic) bond motifs is 1. The molecule has 1 N–H and O–H groups in total. The molecule has 34 heavy (non-hydrogen) atoms. The molecule has 1 aliphatic rings. The second kappa shape index (κ2) is 9.71. The molecule has 0 fully saturated rings. The molecule has 0 aliphatic carbocycles. The number of hydrogen-bond acceptors (Lipinski definition) is 5. The second-order valence-corrected chi connectivity index (χ2v) is 10.3. The summed E-state index contributed by atoms with van der Waals surface area (Å²) in [4.78, 5) is 30.2. The van der Waals surface area contributed by atoms with Gasteiger partial charge in [0.05, 0.1) is 18.1 Å². The Morgan fingerprint density at radius 3 is 2.35 bits per heavy atom. The third-order valence-electron chi connectivity index (χ3n) is 5.82. The summed E-state index contributed by atoms with van der Waals surface area (Å²) >= 11 is 0. The van der Waals surface area contributed by atoms with Crippen LogP contribution in [0.1, 0.15) is 85.6 Å². The number of aryl methyl sites for hydroxylation is 2. The third kappa shape index (κ3) is 5.73. The molecule has 0 saturated carbocycles. The van der Waals surface area contributed by atoms with Crippen LogP contribution in [0.15, 0.2) is 41.4 Å². The first-order valence-corrected chi connectivity index (χ1v) is 11.8. The van der Waals surface area contributed by atoms with Crippen LogP contribution < -0.4 is 5.32 Å². The number of carbonyl (C=O) groups is 2. The van der Waals surface area contributed by atoms with Gasteiger partial charge in [-0.1, -0.05) is 24.3 Å². The summed E-state index contributed by atoms with van der Waals surface area (Å²) in [6.07, 6.45) is 0. The molecule has 6 heteroatoms. The van der Waals surface area contributed by atoms with E-state index in [0.29, 0.717) is 24.6 Å². The summed E-state index contributed by atoms with van der Waals surface area (Å²) in [6, 6.07) is 11.8. The van der Waals surface area contributed by atoms with Crippen LogP contribution in [0.3, 0.4) is 0 Å². The fourth-order valence-corrected chi connectivity index (χ4v) is 4.20. The molecule has 0 spiro atoms. The molecule has 0 saturated heterocycles. The zero-order valence-electron chi connectivity index (χ0n) is 21.5. The van der Waals surface area contributed by atoms with Crippen molar-refractivity contribution < 1.29 is 19.1 Å². The van der Waals surface area contributed by atoms with Crippen LogP contribution in [0.25, 0.3) is 0 Å². The Morgan fingerprint density at radius 2 is 1.74 bits per heavy atom. The van der Waals surface area contributed by atoms with Crippen molar-refractivity contribution in [3.63, 3.8) is 0 Å². The number of nitrogens with one attached hydrogen (secondary N) is 1. The highest BCUT2D eigenvalue weighted by molar-refractivity contribution is 5.99. The molecular weight excluding hydrogens is 428 g/mol. The normalized spacial score (nSPS) is 15.9. The van der Waals surface area contributed by atoms with E-state index in [1.165, 1.54) is 5.56 Å². The number of ether oxygens (including phenoxy) is 2. The van der Waals surface area contributed by atoms with Crippen LogP contribution >= 0.6 is 0 Å². The number of amides is 1.